The van der Waals surface area contributed by atoms with Gasteiger partial charge in [-0.15, -0.1) is 5.10 Å². The highest BCUT2D eigenvalue weighted by molar-refractivity contribution is 6.30. The molecule has 2 N–H and O–H groups in total. The van der Waals surface area contributed by atoms with Crippen LogP contribution in [0.5, 0.6) is 0 Å². The number of hydrogen-bond acceptors (Lipinski definition) is 4. The Kier molecular flexibility index (Phi) is 4.27. The number of halogens is 1. The number of hydrogen-bond donors (Lipinski definition) is 2. The minimum Gasteiger partial charge on any atom is -0.481 e. The molecule has 0 saturated carbocycles. The summed E-state index contributed by atoms with van der Waals surface area (Å²) in [6.45, 7) is 1.61. The zero-order chi connectivity index (χ0) is 15.6. The van der Waals surface area contributed by atoms with Crippen molar-refractivity contribution in [3.63, 3.8) is 0 Å². The van der Waals surface area contributed by atoms with Gasteiger partial charge in [0.15, 0.2) is 5.65 Å². The number of carboxylic acids is 1. The molecule has 9 heteroatoms. The SMILES string of the molecule is CC(CN(C)C(=O)Nc1nc2cc(Cl)ccn2n1)C(=O)O. The average Bonchev–Trinajstić information content (AvgIpc) is 2.79. The Labute approximate surface area is 125 Å². The number of anilines is 1. The van der Waals surface area contributed by atoms with Crippen LogP contribution >= 0.6 is 11.6 Å². The lowest BCUT2D eigenvalue weighted by atomic mass is 10.2. The molecule has 0 saturated heterocycles. The second-order valence-electron chi connectivity index (χ2n) is 4.63. The fourth-order valence-electron chi connectivity index (χ4n) is 1.67. The number of aromatic nitrogens is 3. The summed E-state index contributed by atoms with van der Waals surface area (Å²) in [6, 6.07) is 2.78. The lowest BCUT2D eigenvalue weighted by Crippen LogP contribution is -2.36. The molecule has 0 bridgehead atoms. The average molecular weight is 312 g/mol. The zero-order valence-corrected chi connectivity index (χ0v) is 12.2. The summed E-state index contributed by atoms with van der Waals surface area (Å²) in [5.41, 5.74) is 0.499. The fraction of sp³-hybridized carbons (Fsp3) is 0.333. The second-order valence-corrected chi connectivity index (χ2v) is 5.07. The van der Waals surface area contributed by atoms with E-state index in [4.69, 9.17) is 16.7 Å². The van der Waals surface area contributed by atoms with Gasteiger partial charge in [0.1, 0.15) is 0 Å². The Morgan fingerprint density at radius 1 is 1.57 bits per heavy atom. The molecule has 0 aliphatic rings. The molecule has 2 heterocycles. The summed E-state index contributed by atoms with van der Waals surface area (Å²) >= 11 is 5.84. The van der Waals surface area contributed by atoms with Gasteiger partial charge in [0, 0.05) is 30.9 Å². The predicted molar refractivity (Wildman–Crippen MR) is 76.4 cm³/mol. The minimum atomic E-state index is -0.963. The molecular weight excluding hydrogens is 298 g/mol. The number of urea groups is 1. The van der Waals surface area contributed by atoms with Crippen LogP contribution in [0.1, 0.15) is 6.92 Å². The summed E-state index contributed by atoms with van der Waals surface area (Å²) in [6.07, 6.45) is 1.62. The molecule has 0 aliphatic carbocycles. The van der Waals surface area contributed by atoms with E-state index in [9.17, 15) is 9.59 Å². The van der Waals surface area contributed by atoms with Gasteiger partial charge in [0.2, 0.25) is 0 Å². The smallest absolute Gasteiger partial charge is 0.324 e. The van der Waals surface area contributed by atoms with Gasteiger partial charge < -0.3 is 10.0 Å². The van der Waals surface area contributed by atoms with Gasteiger partial charge in [0.25, 0.3) is 5.95 Å². The molecule has 0 radical (unpaired) electrons. The molecule has 8 nitrogen and oxygen atoms in total. The molecule has 2 amide bonds. The highest BCUT2D eigenvalue weighted by Crippen LogP contribution is 2.12. The zero-order valence-electron chi connectivity index (χ0n) is 11.4. The first-order valence-corrected chi connectivity index (χ1v) is 6.51. The van der Waals surface area contributed by atoms with Crippen molar-refractivity contribution in [3.05, 3.63) is 23.4 Å². The van der Waals surface area contributed by atoms with Crippen LogP contribution in [0.2, 0.25) is 5.02 Å². The third kappa shape index (κ3) is 3.60. The summed E-state index contributed by atoms with van der Waals surface area (Å²) in [7, 11) is 1.50. The minimum absolute atomic E-state index is 0.0837. The number of fused-ring (bicyclic) bond motifs is 1. The molecular formula is C12H14ClN5O3. The summed E-state index contributed by atoms with van der Waals surface area (Å²) < 4.78 is 1.47. The van der Waals surface area contributed by atoms with Crippen LogP contribution in [0.25, 0.3) is 5.65 Å². The van der Waals surface area contributed by atoms with Crippen LogP contribution in [0, 0.1) is 5.92 Å². The van der Waals surface area contributed by atoms with E-state index in [1.165, 1.54) is 23.4 Å². The highest BCUT2D eigenvalue weighted by Gasteiger charge is 2.18. The van der Waals surface area contributed by atoms with Gasteiger partial charge in [-0.05, 0) is 6.07 Å². The van der Waals surface area contributed by atoms with Crippen LogP contribution in [0.15, 0.2) is 18.3 Å². The van der Waals surface area contributed by atoms with Gasteiger partial charge in [-0.3, -0.25) is 10.1 Å². The maximum atomic E-state index is 11.9. The quantitative estimate of drug-likeness (QED) is 0.892. The Balaban J connectivity index is 2.05. The first-order valence-electron chi connectivity index (χ1n) is 6.13. The lowest BCUT2D eigenvalue weighted by Gasteiger charge is -2.18. The van der Waals surface area contributed by atoms with Crippen molar-refractivity contribution >= 4 is 35.2 Å². The lowest BCUT2D eigenvalue weighted by molar-refractivity contribution is -0.141. The van der Waals surface area contributed by atoms with Gasteiger partial charge in [-0.1, -0.05) is 18.5 Å². The summed E-state index contributed by atoms with van der Waals surface area (Å²) in [5.74, 6) is -1.50. The first-order chi connectivity index (χ1) is 9.86. The Bertz CT molecular complexity index is 687. The molecule has 0 fully saturated rings. The van der Waals surface area contributed by atoms with Crippen molar-refractivity contribution in [1.82, 2.24) is 19.5 Å². The van der Waals surface area contributed by atoms with E-state index in [1.54, 1.807) is 18.3 Å². The van der Waals surface area contributed by atoms with Gasteiger partial charge in [-0.25, -0.2) is 9.31 Å². The standard InChI is InChI=1S/C12H14ClN5O3/c1-7(10(19)20)6-17(2)12(21)15-11-14-9-5-8(13)3-4-18(9)16-11/h3-5,7H,6H2,1-2H3,(H,19,20)(H,15,16,21). The molecule has 2 rings (SSSR count). The Morgan fingerprint density at radius 3 is 2.95 bits per heavy atom. The maximum Gasteiger partial charge on any atom is 0.324 e. The van der Waals surface area contributed by atoms with Crippen molar-refractivity contribution in [2.75, 3.05) is 18.9 Å². The third-order valence-electron chi connectivity index (χ3n) is 2.83. The number of carbonyl (C=O) groups excluding carboxylic acids is 1. The predicted octanol–water partition coefficient (Wildman–Crippen LogP) is 1.57. The van der Waals surface area contributed by atoms with Crippen molar-refractivity contribution in [3.8, 4) is 0 Å². The van der Waals surface area contributed by atoms with E-state index in [1.807, 2.05) is 0 Å². The topological polar surface area (TPSA) is 99.8 Å². The molecule has 0 aliphatic heterocycles. The van der Waals surface area contributed by atoms with Crippen molar-refractivity contribution in [2.24, 2.45) is 5.92 Å². The number of aliphatic carboxylic acids is 1. The van der Waals surface area contributed by atoms with Crippen LogP contribution in [0.4, 0.5) is 10.7 Å². The monoisotopic (exact) mass is 311 g/mol. The van der Waals surface area contributed by atoms with E-state index in [0.29, 0.717) is 10.7 Å². The van der Waals surface area contributed by atoms with Crippen molar-refractivity contribution in [1.29, 1.82) is 0 Å². The molecule has 21 heavy (non-hydrogen) atoms. The molecule has 112 valence electrons. The number of carbonyl (C=O) groups is 2. The molecule has 1 atom stereocenters. The van der Waals surface area contributed by atoms with Crippen molar-refractivity contribution in [2.45, 2.75) is 6.92 Å². The van der Waals surface area contributed by atoms with Crippen LogP contribution in [-0.2, 0) is 4.79 Å². The highest BCUT2D eigenvalue weighted by atomic mass is 35.5. The second kappa shape index (κ2) is 5.96. The van der Waals surface area contributed by atoms with Crippen LogP contribution in [0.3, 0.4) is 0 Å². The maximum absolute atomic E-state index is 11.9. The number of nitrogens with one attached hydrogen (secondary N) is 1. The number of rotatable bonds is 4. The molecule has 2 aromatic heterocycles. The first kappa shape index (κ1) is 15.0. The van der Waals surface area contributed by atoms with Crippen LogP contribution < -0.4 is 5.32 Å². The fourth-order valence-corrected chi connectivity index (χ4v) is 1.83. The van der Waals surface area contributed by atoms with E-state index in [0.717, 1.165) is 0 Å². The van der Waals surface area contributed by atoms with E-state index in [-0.39, 0.29) is 12.5 Å². The molecule has 2 aromatic rings. The summed E-state index contributed by atoms with van der Waals surface area (Å²) in [4.78, 5) is 28.1. The number of pyridine rings is 1. The third-order valence-corrected chi connectivity index (χ3v) is 3.07. The summed E-state index contributed by atoms with van der Waals surface area (Å²) in [5, 5.41) is 15.9. The largest absolute Gasteiger partial charge is 0.481 e. The van der Waals surface area contributed by atoms with Gasteiger partial charge >= 0.3 is 12.0 Å². The number of amides is 2. The van der Waals surface area contributed by atoms with Crippen LogP contribution in [-0.4, -0.2) is 50.2 Å². The van der Waals surface area contributed by atoms with E-state index >= 15 is 0 Å². The Hall–Kier alpha value is -2.35. The molecule has 0 spiro atoms. The normalized spacial score (nSPS) is 12.1. The number of carboxylic acid groups (broad SMARTS) is 1. The van der Waals surface area contributed by atoms with Crippen molar-refractivity contribution < 1.29 is 14.7 Å². The Morgan fingerprint density at radius 2 is 2.29 bits per heavy atom. The van der Waals surface area contributed by atoms with E-state index in [2.05, 4.69) is 15.4 Å². The van der Waals surface area contributed by atoms with Gasteiger partial charge in [0.05, 0.1) is 5.92 Å². The molecule has 0 aromatic carbocycles. The van der Waals surface area contributed by atoms with E-state index < -0.39 is 17.9 Å². The number of nitrogens with zero attached hydrogens (tertiary/aromatic N) is 4. The van der Waals surface area contributed by atoms with Gasteiger partial charge in [-0.2, -0.15) is 4.98 Å². The molecule has 1 unspecified atom stereocenters.